The van der Waals surface area contributed by atoms with Gasteiger partial charge in [0.1, 0.15) is 5.84 Å². The summed E-state index contributed by atoms with van der Waals surface area (Å²) < 4.78 is 25.8. The molecule has 1 unspecified atom stereocenters. The van der Waals surface area contributed by atoms with Gasteiger partial charge in [-0.15, -0.1) is 11.6 Å². The minimum Gasteiger partial charge on any atom is -0.263 e. The number of halogens is 1. The zero-order chi connectivity index (χ0) is 11.8. The van der Waals surface area contributed by atoms with E-state index in [0.29, 0.717) is 17.3 Å². The van der Waals surface area contributed by atoms with Gasteiger partial charge in [-0.25, -0.2) is 8.42 Å². The largest absolute Gasteiger partial charge is 0.263 e. The highest BCUT2D eigenvalue weighted by molar-refractivity contribution is 7.90. The maximum absolute atomic E-state index is 11.7. The molecule has 86 valence electrons. The van der Waals surface area contributed by atoms with Crippen LogP contribution in [0.2, 0.25) is 0 Å². The van der Waals surface area contributed by atoms with E-state index in [4.69, 9.17) is 11.6 Å². The highest BCUT2D eigenvalue weighted by atomic mass is 35.5. The highest BCUT2D eigenvalue weighted by Gasteiger charge is 2.30. The lowest BCUT2D eigenvalue weighted by atomic mass is 10.2. The van der Waals surface area contributed by atoms with Crippen molar-refractivity contribution in [2.45, 2.75) is 17.9 Å². The summed E-state index contributed by atoms with van der Waals surface area (Å²) in [7, 11) is -3.43. The molecule has 0 saturated heterocycles. The van der Waals surface area contributed by atoms with Crippen LogP contribution in [0.15, 0.2) is 34.2 Å². The molecule has 0 aliphatic carbocycles. The molecular weight excluding hydrogens is 248 g/mol. The Bertz CT molecular complexity index is 540. The maximum atomic E-state index is 11.7. The van der Waals surface area contributed by atoms with Crippen LogP contribution in [0.4, 0.5) is 0 Å². The second-order valence-electron chi connectivity index (χ2n) is 3.58. The third-order valence-electron chi connectivity index (χ3n) is 2.24. The summed E-state index contributed by atoms with van der Waals surface area (Å²) in [5.74, 6) is 0.733. The molecule has 0 aromatic heterocycles. The van der Waals surface area contributed by atoms with Gasteiger partial charge in [0.05, 0.1) is 10.9 Å². The van der Waals surface area contributed by atoms with Crippen LogP contribution in [0, 0.1) is 0 Å². The normalized spacial score (nSPS) is 21.5. The Morgan fingerprint density at radius 3 is 2.81 bits per heavy atom. The van der Waals surface area contributed by atoms with Crippen molar-refractivity contribution in [2.75, 3.05) is 5.88 Å². The smallest absolute Gasteiger partial charge is 0.263 e. The van der Waals surface area contributed by atoms with Crippen molar-refractivity contribution >= 4 is 27.5 Å². The fraction of sp³-hybridized carbons (Fsp3) is 0.300. The van der Waals surface area contributed by atoms with Crippen molar-refractivity contribution in [1.82, 2.24) is 4.72 Å². The van der Waals surface area contributed by atoms with E-state index in [9.17, 15) is 8.42 Å². The van der Waals surface area contributed by atoms with E-state index in [2.05, 4.69) is 9.71 Å². The third kappa shape index (κ3) is 1.92. The van der Waals surface area contributed by atoms with Crippen molar-refractivity contribution < 1.29 is 8.42 Å². The molecule has 4 nitrogen and oxygen atoms in total. The van der Waals surface area contributed by atoms with Gasteiger partial charge >= 0.3 is 0 Å². The summed E-state index contributed by atoms with van der Waals surface area (Å²) in [6.07, 6.45) is 0. The zero-order valence-corrected chi connectivity index (χ0v) is 10.2. The number of amidine groups is 1. The Kier molecular flexibility index (Phi) is 2.90. The number of fused-ring (bicyclic) bond motifs is 1. The molecule has 2 rings (SSSR count). The standard InChI is InChI=1S/C10H11ClN2O2S/c1-7(6-11)12-10-8-4-2-3-5-9(8)16(14,15)13-10/h2-5,7H,6H2,1H3,(H,12,13). The molecule has 1 N–H and O–H groups in total. The van der Waals surface area contributed by atoms with Gasteiger partial charge in [0.25, 0.3) is 10.0 Å². The number of benzene rings is 1. The first-order chi connectivity index (χ1) is 7.54. The number of rotatable bonds is 2. The van der Waals surface area contributed by atoms with Crippen LogP contribution >= 0.6 is 11.6 Å². The lowest BCUT2D eigenvalue weighted by Gasteiger charge is -2.03. The van der Waals surface area contributed by atoms with Crippen molar-refractivity contribution in [2.24, 2.45) is 4.99 Å². The average molecular weight is 259 g/mol. The van der Waals surface area contributed by atoms with E-state index in [0.717, 1.165) is 0 Å². The number of hydrogen-bond donors (Lipinski definition) is 1. The SMILES string of the molecule is CC(CCl)N=C1NS(=O)(=O)c2ccccc21. The van der Waals surface area contributed by atoms with Crippen molar-refractivity contribution in [3.05, 3.63) is 29.8 Å². The molecule has 1 aliphatic heterocycles. The molecule has 0 radical (unpaired) electrons. The summed E-state index contributed by atoms with van der Waals surface area (Å²) in [4.78, 5) is 4.50. The van der Waals surface area contributed by atoms with E-state index < -0.39 is 10.0 Å². The summed E-state index contributed by atoms with van der Waals surface area (Å²) in [6, 6.07) is 6.64. The molecule has 1 aromatic carbocycles. The zero-order valence-electron chi connectivity index (χ0n) is 8.64. The van der Waals surface area contributed by atoms with Gasteiger partial charge in [0.2, 0.25) is 0 Å². The topological polar surface area (TPSA) is 58.5 Å². The first-order valence-electron chi connectivity index (χ1n) is 4.80. The summed E-state index contributed by atoms with van der Waals surface area (Å²) in [6.45, 7) is 1.83. The van der Waals surface area contributed by atoms with Gasteiger partial charge in [0.15, 0.2) is 0 Å². The van der Waals surface area contributed by atoms with Crippen LogP contribution in [-0.2, 0) is 10.0 Å². The van der Waals surface area contributed by atoms with E-state index in [-0.39, 0.29) is 10.9 Å². The van der Waals surface area contributed by atoms with Gasteiger partial charge in [-0.3, -0.25) is 9.71 Å². The number of alkyl halides is 1. The second kappa shape index (κ2) is 4.07. The number of sulfonamides is 1. The van der Waals surface area contributed by atoms with Crippen LogP contribution in [0.3, 0.4) is 0 Å². The van der Waals surface area contributed by atoms with E-state index in [1.807, 2.05) is 6.92 Å². The fourth-order valence-electron chi connectivity index (χ4n) is 1.48. The summed E-state index contributed by atoms with van der Waals surface area (Å²) >= 11 is 5.64. The maximum Gasteiger partial charge on any atom is 0.263 e. The molecule has 0 amide bonds. The number of hydrogen-bond acceptors (Lipinski definition) is 3. The lowest BCUT2D eigenvalue weighted by Crippen LogP contribution is -2.23. The molecule has 1 heterocycles. The van der Waals surface area contributed by atoms with Crippen LogP contribution in [0.25, 0.3) is 0 Å². The first kappa shape index (κ1) is 11.4. The Morgan fingerprint density at radius 1 is 1.44 bits per heavy atom. The molecule has 16 heavy (non-hydrogen) atoms. The highest BCUT2D eigenvalue weighted by Crippen LogP contribution is 2.22. The van der Waals surface area contributed by atoms with Crippen molar-refractivity contribution in [1.29, 1.82) is 0 Å². The molecule has 0 bridgehead atoms. The second-order valence-corrected chi connectivity index (χ2v) is 5.54. The lowest BCUT2D eigenvalue weighted by molar-refractivity contribution is 0.595. The molecule has 0 fully saturated rings. The van der Waals surface area contributed by atoms with E-state index in [1.54, 1.807) is 24.3 Å². The third-order valence-corrected chi connectivity index (χ3v) is 4.08. The summed E-state index contributed by atoms with van der Waals surface area (Å²) in [5, 5.41) is 0. The molecule has 1 aromatic rings. The minimum atomic E-state index is -3.43. The van der Waals surface area contributed by atoms with Gasteiger partial charge in [0, 0.05) is 11.4 Å². The van der Waals surface area contributed by atoms with E-state index >= 15 is 0 Å². The minimum absolute atomic E-state index is 0.120. The summed E-state index contributed by atoms with van der Waals surface area (Å²) in [5.41, 5.74) is 0.611. The molecule has 6 heteroatoms. The van der Waals surface area contributed by atoms with Crippen molar-refractivity contribution in [3.63, 3.8) is 0 Å². The van der Waals surface area contributed by atoms with Gasteiger partial charge in [-0.05, 0) is 19.1 Å². The predicted octanol–water partition coefficient (Wildman–Crippen LogP) is 1.35. The van der Waals surface area contributed by atoms with Crippen molar-refractivity contribution in [3.8, 4) is 0 Å². The quantitative estimate of drug-likeness (QED) is 0.814. The van der Waals surface area contributed by atoms with E-state index in [1.165, 1.54) is 0 Å². The molecule has 1 atom stereocenters. The monoisotopic (exact) mass is 258 g/mol. The molecule has 0 spiro atoms. The fourth-order valence-corrected chi connectivity index (χ4v) is 2.79. The van der Waals surface area contributed by atoms with Gasteiger partial charge in [-0.2, -0.15) is 0 Å². The molecule has 1 aliphatic rings. The average Bonchev–Trinajstić information content (AvgIpc) is 2.51. The Hall–Kier alpha value is -1.07. The van der Waals surface area contributed by atoms with Gasteiger partial charge < -0.3 is 0 Å². The van der Waals surface area contributed by atoms with Crippen LogP contribution < -0.4 is 4.72 Å². The molecule has 0 saturated carbocycles. The Labute approximate surface area is 99.4 Å². The number of nitrogens with one attached hydrogen (secondary N) is 1. The number of nitrogens with zero attached hydrogens (tertiary/aromatic N) is 1. The number of aliphatic imine (C=N–C) groups is 1. The molecular formula is C10H11ClN2O2S. The van der Waals surface area contributed by atoms with Crippen LogP contribution in [0.5, 0.6) is 0 Å². The Morgan fingerprint density at radius 2 is 2.12 bits per heavy atom. The van der Waals surface area contributed by atoms with Crippen LogP contribution in [0.1, 0.15) is 12.5 Å². The first-order valence-corrected chi connectivity index (χ1v) is 6.82. The Balaban J connectivity index is 2.53. The predicted molar refractivity (Wildman–Crippen MR) is 63.5 cm³/mol. The van der Waals surface area contributed by atoms with Gasteiger partial charge in [-0.1, -0.05) is 12.1 Å². The van der Waals surface area contributed by atoms with Crippen LogP contribution in [-0.4, -0.2) is 26.2 Å².